The lowest BCUT2D eigenvalue weighted by Gasteiger charge is -2.53. The van der Waals surface area contributed by atoms with Gasteiger partial charge in [0.25, 0.3) is 12.1 Å². The van der Waals surface area contributed by atoms with Crippen LogP contribution in [0.4, 0.5) is 31.1 Å². The van der Waals surface area contributed by atoms with Gasteiger partial charge in [-0.25, -0.2) is 31.1 Å². The maximum Gasteiger partial charge on any atom is 0.430 e. The first kappa shape index (κ1) is 24.4. The summed E-state index contributed by atoms with van der Waals surface area (Å²) in [5.74, 6) is -0.887. The highest BCUT2D eigenvalue weighted by atomic mass is 32.2. The van der Waals surface area contributed by atoms with Crippen LogP contribution < -0.4 is 4.72 Å². The van der Waals surface area contributed by atoms with Crippen LogP contribution in [-0.2, 0) is 14.8 Å². The fourth-order valence-electron chi connectivity index (χ4n) is 4.34. The van der Waals surface area contributed by atoms with Gasteiger partial charge in [-0.1, -0.05) is 0 Å². The average Bonchev–Trinajstić information content (AvgIpc) is 3.45. The maximum absolute atomic E-state index is 15.2. The van der Waals surface area contributed by atoms with Crippen molar-refractivity contribution in [2.24, 2.45) is 5.92 Å². The van der Waals surface area contributed by atoms with E-state index in [4.69, 9.17) is 9.84 Å². The number of rotatable bonds is 6. The van der Waals surface area contributed by atoms with E-state index in [2.05, 4.69) is 0 Å². The molecular weight excluding hydrogens is 458 g/mol. The van der Waals surface area contributed by atoms with Gasteiger partial charge in [0.2, 0.25) is 10.0 Å². The molecule has 2 atom stereocenters. The lowest BCUT2D eigenvalue weighted by molar-refractivity contribution is -0.310. The molecule has 2 aliphatic heterocycles. The Hall–Kier alpha value is -1.28. The van der Waals surface area contributed by atoms with E-state index in [1.165, 1.54) is 0 Å². The number of alkyl halides is 6. The number of piperidine rings is 1. The molecule has 2 unspecified atom stereocenters. The molecule has 2 N–H and O–H groups in total. The van der Waals surface area contributed by atoms with Crippen molar-refractivity contribution in [2.75, 3.05) is 25.4 Å². The van der Waals surface area contributed by atoms with Crippen LogP contribution in [0, 0.1) is 5.92 Å². The van der Waals surface area contributed by atoms with Gasteiger partial charge in [-0.15, -0.1) is 0 Å². The first-order valence-electron chi connectivity index (χ1n) is 9.83. The molecule has 0 aromatic carbocycles. The number of carboxylic acid groups (broad SMARTS) is 1. The molecule has 2 saturated heterocycles. The molecule has 3 fully saturated rings. The molecule has 14 heteroatoms. The van der Waals surface area contributed by atoms with Crippen LogP contribution in [-0.4, -0.2) is 79.4 Å². The second kappa shape index (κ2) is 7.94. The zero-order valence-electron chi connectivity index (χ0n) is 16.4. The molecule has 3 aliphatic rings. The molecule has 1 saturated carbocycles. The lowest BCUT2D eigenvalue weighted by Crippen LogP contribution is -2.75. The highest BCUT2D eigenvalue weighted by Gasteiger charge is 2.75. The monoisotopic (exact) mass is 482 g/mol. The second-order valence-electron chi connectivity index (χ2n) is 8.66. The number of likely N-dealkylation sites (tertiary alicyclic amines) is 1. The predicted molar refractivity (Wildman–Crippen MR) is 95.0 cm³/mol. The van der Waals surface area contributed by atoms with Crippen molar-refractivity contribution in [1.82, 2.24) is 9.62 Å². The molecule has 1 amide bonds. The smallest absolute Gasteiger partial charge is 0.430 e. The zero-order valence-corrected chi connectivity index (χ0v) is 17.2. The maximum atomic E-state index is 15.2. The molecule has 1 aliphatic carbocycles. The molecule has 7 nitrogen and oxygen atoms in total. The number of halogens is 6. The summed E-state index contributed by atoms with van der Waals surface area (Å²) in [6.45, 7) is -1.24. The number of nitrogens with one attached hydrogen (secondary N) is 1. The number of hydrogen-bond donors (Lipinski definition) is 2. The zero-order chi connectivity index (χ0) is 23.3. The van der Waals surface area contributed by atoms with Gasteiger partial charge in [0, 0.05) is 13.1 Å². The van der Waals surface area contributed by atoms with E-state index in [0.29, 0.717) is 12.8 Å². The predicted octanol–water partition coefficient (Wildman–Crippen LogP) is 2.91. The van der Waals surface area contributed by atoms with Gasteiger partial charge < -0.3 is 14.7 Å². The third-order valence-corrected chi connectivity index (χ3v) is 8.10. The number of carbonyl (C=O) groups is 1. The van der Waals surface area contributed by atoms with Crippen molar-refractivity contribution < 1.29 is 49.4 Å². The van der Waals surface area contributed by atoms with Crippen LogP contribution >= 0.6 is 0 Å². The Balaban J connectivity index is 1.89. The average molecular weight is 482 g/mol. The van der Waals surface area contributed by atoms with Crippen molar-refractivity contribution in [3.8, 4) is 0 Å². The molecule has 0 radical (unpaired) electrons. The lowest BCUT2D eigenvalue weighted by atomic mass is 9.72. The Labute approximate surface area is 175 Å². The molecule has 3 rings (SSSR count). The molecular formula is C17H24F6N2O5S. The Morgan fingerprint density at radius 3 is 2.10 bits per heavy atom. The van der Waals surface area contributed by atoms with Crippen LogP contribution in [0.2, 0.25) is 0 Å². The molecule has 0 aromatic rings. The van der Waals surface area contributed by atoms with Gasteiger partial charge in [-0.05, 0) is 44.4 Å². The minimum Gasteiger partial charge on any atom is -0.465 e. The van der Waals surface area contributed by atoms with E-state index in [1.54, 1.807) is 4.72 Å². The summed E-state index contributed by atoms with van der Waals surface area (Å²) in [4.78, 5) is 12.1. The summed E-state index contributed by atoms with van der Waals surface area (Å²) < 4.78 is 115. The SMILES string of the molecule is O=C(O)N1CCC2(CC1)CCC(NS(=O)(=O)CC1CC1)(C(F)(C(F)F)C(F)(F)F)CO2. The first-order chi connectivity index (χ1) is 14.2. The third-order valence-electron chi connectivity index (χ3n) is 6.49. The minimum atomic E-state index is -6.07. The number of ether oxygens (including phenoxy) is 1. The third kappa shape index (κ3) is 4.61. The highest BCUT2D eigenvalue weighted by Crippen LogP contribution is 2.52. The van der Waals surface area contributed by atoms with Gasteiger partial charge in [-0.2, -0.15) is 13.2 Å². The normalized spacial score (nSPS) is 29.2. The Morgan fingerprint density at radius 2 is 1.71 bits per heavy atom. The van der Waals surface area contributed by atoms with E-state index in [1.807, 2.05) is 0 Å². The summed E-state index contributed by atoms with van der Waals surface area (Å²) in [5.41, 5.74) is -9.53. The largest absolute Gasteiger partial charge is 0.465 e. The first-order valence-corrected chi connectivity index (χ1v) is 11.5. The summed E-state index contributed by atoms with van der Waals surface area (Å²) in [5, 5.41) is 9.02. The van der Waals surface area contributed by atoms with Crippen molar-refractivity contribution >= 4 is 16.1 Å². The van der Waals surface area contributed by atoms with Gasteiger partial charge in [0.1, 0.15) is 5.54 Å². The van der Waals surface area contributed by atoms with E-state index < -0.39 is 64.3 Å². The van der Waals surface area contributed by atoms with Crippen LogP contribution in [0.15, 0.2) is 0 Å². The summed E-state index contributed by atoms with van der Waals surface area (Å²) >= 11 is 0. The van der Waals surface area contributed by atoms with Crippen LogP contribution in [0.5, 0.6) is 0 Å². The van der Waals surface area contributed by atoms with Crippen molar-refractivity contribution in [3.05, 3.63) is 0 Å². The van der Waals surface area contributed by atoms with Gasteiger partial charge in [-0.3, -0.25) is 0 Å². The fraction of sp³-hybridized carbons (Fsp3) is 0.941. The molecule has 1 spiro atoms. The standard InChI is InChI=1S/C17H24F6N2O5S/c18-12(19)16(20,17(21,22)23)15(24-31(28,29)9-11-1-2-11)4-3-14(30-10-15)5-7-25(8-6-14)13(26)27/h11-12,24H,1-10H2,(H,26,27). The number of hydrogen-bond acceptors (Lipinski definition) is 4. The fourth-order valence-corrected chi connectivity index (χ4v) is 6.28. The van der Waals surface area contributed by atoms with E-state index in [0.717, 1.165) is 4.90 Å². The van der Waals surface area contributed by atoms with Crippen molar-refractivity contribution in [1.29, 1.82) is 0 Å². The van der Waals surface area contributed by atoms with Crippen LogP contribution in [0.25, 0.3) is 0 Å². The molecule has 0 bridgehead atoms. The summed E-state index contributed by atoms with van der Waals surface area (Å²) in [6.07, 6.45) is -11.8. The quantitative estimate of drug-likeness (QED) is 0.568. The van der Waals surface area contributed by atoms with Crippen molar-refractivity contribution in [3.63, 3.8) is 0 Å². The summed E-state index contributed by atoms with van der Waals surface area (Å²) in [7, 11) is -4.50. The molecule has 2 heterocycles. The van der Waals surface area contributed by atoms with Gasteiger partial charge in [0.05, 0.1) is 18.0 Å². The van der Waals surface area contributed by atoms with Crippen LogP contribution in [0.1, 0.15) is 38.5 Å². The number of amides is 1. The van der Waals surface area contributed by atoms with Crippen molar-refractivity contribution in [2.45, 2.75) is 67.9 Å². The Kier molecular flexibility index (Phi) is 6.24. The Bertz CT molecular complexity index is 785. The van der Waals surface area contributed by atoms with E-state index in [-0.39, 0.29) is 38.3 Å². The van der Waals surface area contributed by atoms with Crippen LogP contribution in [0.3, 0.4) is 0 Å². The molecule has 31 heavy (non-hydrogen) atoms. The van der Waals surface area contributed by atoms with E-state index >= 15 is 4.39 Å². The second-order valence-corrected chi connectivity index (χ2v) is 10.4. The highest BCUT2D eigenvalue weighted by molar-refractivity contribution is 7.89. The topological polar surface area (TPSA) is 95.9 Å². The summed E-state index contributed by atoms with van der Waals surface area (Å²) in [6, 6.07) is 0. The number of nitrogens with zero attached hydrogens (tertiary/aromatic N) is 1. The Morgan fingerprint density at radius 1 is 1.13 bits per heavy atom. The van der Waals surface area contributed by atoms with E-state index in [9.17, 15) is 35.2 Å². The number of sulfonamides is 1. The van der Waals surface area contributed by atoms with Gasteiger partial charge in [0.15, 0.2) is 0 Å². The molecule has 0 aromatic heterocycles. The minimum absolute atomic E-state index is 0.00459. The van der Waals surface area contributed by atoms with Gasteiger partial charge >= 0.3 is 12.3 Å². The molecule has 180 valence electrons.